The van der Waals surface area contributed by atoms with Crippen LogP contribution in [-0.4, -0.2) is 17.5 Å². The summed E-state index contributed by atoms with van der Waals surface area (Å²) in [5.74, 6) is 0.279. The Kier molecular flexibility index (Phi) is 4.30. The molecule has 0 bridgehead atoms. The lowest BCUT2D eigenvalue weighted by Gasteiger charge is -2.07. The Balaban J connectivity index is 1.85. The van der Waals surface area contributed by atoms with Crippen molar-refractivity contribution in [1.29, 1.82) is 5.26 Å². The minimum Gasteiger partial charge on any atom is -0.484 e. The van der Waals surface area contributed by atoms with Gasteiger partial charge in [-0.1, -0.05) is 0 Å². The van der Waals surface area contributed by atoms with Crippen molar-refractivity contribution < 1.29 is 9.53 Å². The van der Waals surface area contributed by atoms with Crippen molar-refractivity contribution in [1.82, 2.24) is 4.98 Å². The largest absolute Gasteiger partial charge is 0.484 e. The van der Waals surface area contributed by atoms with Gasteiger partial charge in [-0.05, 0) is 43.3 Å². The summed E-state index contributed by atoms with van der Waals surface area (Å²) in [6.45, 7) is 1.78. The van der Waals surface area contributed by atoms with Gasteiger partial charge in [0.25, 0.3) is 5.91 Å². The van der Waals surface area contributed by atoms with Crippen LogP contribution in [0.15, 0.2) is 42.6 Å². The minimum atomic E-state index is -0.264. The molecule has 0 aliphatic heterocycles. The van der Waals surface area contributed by atoms with Gasteiger partial charge in [0.1, 0.15) is 5.75 Å². The first-order valence-electron chi connectivity index (χ1n) is 6.03. The number of hydrogen-bond donors (Lipinski definition) is 1. The van der Waals surface area contributed by atoms with E-state index in [0.717, 1.165) is 5.69 Å². The van der Waals surface area contributed by atoms with E-state index >= 15 is 0 Å². The van der Waals surface area contributed by atoms with E-state index in [1.54, 1.807) is 36.5 Å². The SMILES string of the molecule is Cc1ccc(NC(=O)COc2ccc(C#N)cc2)cn1. The van der Waals surface area contributed by atoms with Gasteiger partial charge in [-0.2, -0.15) is 5.26 Å². The molecule has 1 aromatic carbocycles. The molecule has 0 saturated heterocycles. The van der Waals surface area contributed by atoms with Crippen LogP contribution >= 0.6 is 0 Å². The molecule has 0 saturated carbocycles. The fourth-order valence-electron chi connectivity index (χ4n) is 1.51. The van der Waals surface area contributed by atoms with E-state index in [1.807, 2.05) is 19.1 Å². The Labute approximate surface area is 116 Å². The van der Waals surface area contributed by atoms with Gasteiger partial charge >= 0.3 is 0 Å². The molecule has 0 spiro atoms. The second kappa shape index (κ2) is 6.34. The maximum atomic E-state index is 11.7. The van der Waals surface area contributed by atoms with Crippen LogP contribution in [0.25, 0.3) is 0 Å². The molecular formula is C15H13N3O2. The summed E-state index contributed by atoms with van der Waals surface area (Å²) in [6, 6.07) is 12.2. The van der Waals surface area contributed by atoms with Gasteiger partial charge in [0.2, 0.25) is 0 Å². The molecule has 1 aromatic heterocycles. The van der Waals surface area contributed by atoms with Crippen molar-refractivity contribution in [2.75, 3.05) is 11.9 Å². The van der Waals surface area contributed by atoms with Gasteiger partial charge in [0.15, 0.2) is 6.61 Å². The highest BCUT2D eigenvalue weighted by Gasteiger charge is 2.04. The molecule has 2 rings (SSSR count). The summed E-state index contributed by atoms with van der Waals surface area (Å²) in [5, 5.41) is 11.4. The fraction of sp³-hybridized carbons (Fsp3) is 0.133. The number of carbonyl (C=O) groups is 1. The number of nitriles is 1. The van der Waals surface area contributed by atoms with Crippen molar-refractivity contribution in [3.63, 3.8) is 0 Å². The lowest BCUT2D eigenvalue weighted by atomic mass is 10.2. The number of anilines is 1. The molecule has 1 heterocycles. The molecule has 0 unspecified atom stereocenters. The molecule has 1 amide bonds. The molecule has 0 atom stereocenters. The van der Waals surface area contributed by atoms with Crippen LogP contribution in [0.2, 0.25) is 0 Å². The van der Waals surface area contributed by atoms with Gasteiger partial charge in [-0.25, -0.2) is 0 Å². The quantitative estimate of drug-likeness (QED) is 0.922. The molecule has 5 nitrogen and oxygen atoms in total. The van der Waals surface area contributed by atoms with E-state index in [4.69, 9.17) is 10.00 Å². The number of amides is 1. The summed E-state index contributed by atoms with van der Waals surface area (Å²) >= 11 is 0. The molecule has 2 aromatic rings. The summed E-state index contributed by atoms with van der Waals surface area (Å²) in [5.41, 5.74) is 2.06. The maximum absolute atomic E-state index is 11.7. The van der Waals surface area contributed by atoms with Crippen LogP contribution in [0.1, 0.15) is 11.3 Å². The molecule has 0 aliphatic carbocycles. The van der Waals surface area contributed by atoms with Crippen molar-refractivity contribution in [2.24, 2.45) is 0 Å². The highest BCUT2D eigenvalue weighted by Crippen LogP contribution is 2.11. The number of pyridine rings is 1. The van der Waals surface area contributed by atoms with E-state index in [9.17, 15) is 4.79 Å². The summed E-state index contributed by atoms with van der Waals surface area (Å²) in [7, 11) is 0. The zero-order valence-electron chi connectivity index (χ0n) is 11.0. The van der Waals surface area contributed by atoms with Gasteiger partial charge in [-0.3, -0.25) is 9.78 Å². The van der Waals surface area contributed by atoms with Crippen molar-refractivity contribution in [2.45, 2.75) is 6.92 Å². The Bertz CT molecular complexity index is 628. The summed E-state index contributed by atoms with van der Waals surface area (Å²) in [6.07, 6.45) is 1.59. The van der Waals surface area contributed by atoms with Gasteiger partial charge in [0, 0.05) is 5.69 Å². The standard InChI is InChI=1S/C15H13N3O2/c1-11-2-5-13(9-17-11)18-15(19)10-20-14-6-3-12(8-16)4-7-14/h2-7,9H,10H2,1H3,(H,18,19). The van der Waals surface area contributed by atoms with E-state index in [-0.39, 0.29) is 12.5 Å². The first kappa shape index (κ1) is 13.6. The number of hydrogen-bond acceptors (Lipinski definition) is 4. The third-order valence-electron chi connectivity index (χ3n) is 2.55. The predicted molar refractivity (Wildman–Crippen MR) is 74.3 cm³/mol. The van der Waals surface area contributed by atoms with Crippen molar-refractivity contribution in [3.8, 4) is 11.8 Å². The monoisotopic (exact) mass is 267 g/mol. The minimum absolute atomic E-state index is 0.0974. The second-order valence-electron chi connectivity index (χ2n) is 4.16. The normalized spacial score (nSPS) is 9.60. The molecule has 0 aliphatic rings. The number of aromatic nitrogens is 1. The molecule has 5 heteroatoms. The van der Waals surface area contributed by atoms with Gasteiger partial charge in [-0.15, -0.1) is 0 Å². The zero-order valence-corrected chi connectivity index (χ0v) is 11.0. The number of carbonyl (C=O) groups excluding carboxylic acids is 1. The van der Waals surface area contributed by atoms with Gasteiger partial charge < -0.3 is 10.1 Å². The van der Waals surface area contributed by atoms with Crippen molar-refractivity contribution in [3.05, 3.63) is 53.9 Å². The molecule has 0 fully saturated rings. The Hall–Kier alpha value is -2.87. The molecule has 20 heavy (non-hydrogen) atoms. The summed E-state index contributed by atoms with van der Waals surface area (Å²) < 4.78 is 5.32. The van der Waals surface area contributed by atoms with E-state index in [1.165, 1.54) is 0 Å². The first-order chi connectivity index (χ1) is 9.67. The smallest absolute Gasteiger partial charge is 0.262 e. The average Bonchev–Trinajstić information content (AvgIpc) is 2.48. The number of nitrogens with zero attached hydrogens (tertiary/aromatic N) is 2. The summed E-state index contributed by atoms with van der Waals surface area (Å²) in [4.78, 5) is 15.8. The van der Waals surface area contributed by atoms with Crippen molar-refractivity contribution >= 4 is 11.6 Å². The van der Waals surface area contributed by atoms with E-state index in [0.29, 0.717) is 17.0 Å². The third kappa shape index (κ3) is 3.82. The third-order valence-corrected chi connectivity index (χ3v) is 2.55. The lowest BCUT2D eigenvalue weighted by molar-refractivity contribution is -0.118. The number of benzene rings is 1. The lowest BCUT2D eigenvalue weighted by Crippen LogP contribution is -2.20. The number of nitrogens with one attached hydrogen (secondary N) is 1. The Morgan fingerprint density at radius 3 is 2.65 bits per heavy atom. The van der Waals surface area contributed by atoms with Crippen LogP contribution in [0.5, 0.6) is 5.75 Å². The van der Waals surface area contributed by atoms with Crippen LogP contribution in [0.3, 0.4) is 0 Å². The Morgan fingerprint density at radius 2 is 2.05 bits per heavy atom. The van der Waals surface area contributed by atoms with Gasteiger partial charge in [0.05, 0.1) is 23.5 Å². The average molecular weight is 267 g/mol. The molecule has 0 radical (unpaired) electrons. The maximum Gasteiger partial charge on any atom is 0.262 e. The highest BCUT2D eigenvalue weighted by molar-refractivity contribution is 5.91. The molecule has 100 valence electrons. The van der Waals surface area contributed by atoms with Crippen LogP contribution in [0, 0.1) is 18.3 Å². The molecule has 1 N–H and O–H groups in total. The Morgan fingerprint density at radius 1 is 1.30 bits per heavy atom. The van der Waals surface area contributed by atoms with Crippen LogP contribution < -0.4 is 10.1 Å². The number of rotatable bonds is 4. The number of ether oxygens (including phenoxy) is 1. The molecular weight excluding hydrogens is 254 g/mol. The van der Waals surface area contributed by atoms with Crippen LogP contribution in [0.4, 0.5) is 5.69 Å². The number of aryl methyl sites for hydroxylation is 1. The van der Waals surface area contributed by atoms with E-state index in [2.05, 4.69) is 10.3 Å². The fourth-order valence-corrected chi connectivity index (χ4v) is 1.51. The highest BCUT2D eigenvalue weighted by atomic mass is 16.5. The predicted octanol–water partition coefficient (Wildman–Crippen LogP) is 2.28. The first-order valence-corrected chi connectivity index (χ1v) is 6.03. The topological polar surface area (TPSA) is 75.0 Å². The zero-order chi connectivity index (χ0) is 14.4. The van der Waals surface area contributed by atoms with Crippen LogP contribution in [-0.2, 0) is 4.79 Å². The second-order valence-corrected chi connectivity index (χ2v) is 4.16. The van der Waals surface area contributed by atoms with E-state index < -0.39 is 0 Å².